The van der Waals surface area contributed by atoms with E-state index in [-0.39, 0.29) is 18.4 Å². The number of carboxylic acids is 1. The predicted octanol–water partition coefficient (Wildman–Crippen LogP) is 8.37. The monoisotopic (exact) mass is 625 g/mol. The lowest BCUT2D eigenvalue weighted by Crippen LogP contribution is -2.31. The van der Waals surface area contributed by atoms with Gasteiger partial charge in [-0.05, 0) is 55.2 Å². The molecule has 2 aliphatic heterocycles. The molecule has 0 aromatic heterocycles. The third-order valence-electron chi connectivity index (χ3n) is 9.91. The van der Waals surface area contributed by atoms with E-state index in [2.05, 4.69) is 109 Å². The lowest BCUT2D eigenvalue weighted by Gasteiger charge is -2.29. The summed E-state index contributed by atoms with van der Waals surface area (Å²) >= 11 is 0. The number of carbonyl (C=O) groups excluding carboxylic acids is 1. The molecule has 6 heteroatoms. The van der Waals surface area contributed by atoms with Crippen molar-refractivity contribution in [3.8, 4) is 0 Å². The average molecular weight is 626 g/mol. The zero-order valence-electron chi connectivity index (χ0n) is 27.1. The quantitative estimate of drug-likeness (QED) is 0.0700. The molecule has 2 heterocycles. The summed E-state index contributed by atoms with van der Waals surface area (Å²) in [6.07, 6.45) is 11.7. The Morgan fingerprint density at radius 3 is 2.21 bits per heavy atom. The molecule has 4 aromatic carbocycles. The number of nitrogens with zero attached hydrogens (tertiary/aromatic N) is 2. The number of ether oxygens (including phenoxy) is 1. The fraction of sp³-hybridized carbons (Fsp3) is 0.244. The van der Waals surface area contributed by atoms with Crippen LogP contribution in [0.4, 0.5) is 11.4 Å². The highest BCUT2D eigenvalue weighted by atomic mass is 16.5. The Morgan fingerprint density at radius 1 is 0.894 bits per heavy atom. The Bertz CT molecular complexity index is 2000. The summed E-state index contributed by atoms with van der Waals surface area (Å²) in [4.78, 5) is 25.3. The summed E-state index contributed by atoms with van der Waals surface area (Å²) in [5.41, 5.74) is 5.87. The van der Waals surface area contributed by atoms with Crippen LogP contribution < -0.4 is 4.90 Å². The van der Waals surface area contributed by atoms with Gasteiger partial charge < -0.3 is 14.7 Å². The van der Waals surface area contributed by atoms with Gasteiger partial charge in [0.25, 0.3) is 6.47 Å². The van der Waals surface area contributed by atoms with Crippen molar-refractivity contribution in [2.24, 2.45) is 0 Å². The van der Waals surface area contributed by atoms with Gasteiger partial charge in [-0.15, -0.1) is 13.2 Å². The van der Waals surface area contributed by atoms with Crippen molar-refractivity contribution in [1.82, 2.24) is 0 Å². The van der Waals surface area contributed by atoms with Gasteiger partial charge in [0, 0.05) is 28.1 Å². The van der Waals surface area contributed by atoms with Gasteiger partial charge in [-0.2, -0.15) is 4.58 Å². The highest BCUT2D eigenvalue weighted by Gasteiger charge is 2.48. The minimum atomic E-state index is -0.834. The molecule has 0 radical (unpaired) electrons. The number of allylic oxidation sites excluding steroid dienone is 6. The Balaban J connectivity index is 1.54. The Hall–Kier alpha value is -5.23. The maximum Gasteiger partial charge on any atom is 0.309 e. The third-order valence-corrected chi connectivity index (χ3v) is 9.91. The van der Waals surface area contributed by atoms with Crippen LogP contribution in [0.1, 0.15) is 44.2 Å². The van der Waals surface area contributed by atoms with Crippen LogP contribution in [0.2, 0.25) is 0 Å². The van der Waals surface area contributed by atoms with Crippen LogP contribution in [-0.2, 0) is 25.2 Å². The first-order valence-electron chi connectivity index (χ1n) is 16.1. The van der Waals surface area contributed by atoms with Crippen LogP contribution in [0.5, 0.6) is 0 Å². The highest BCUT2D eigenvalue weighted by molar-refractivity contribution is 6.08. The molecule has 4 aromatic rings. The Morgan fingerprint density at radius 2 is 1.53 bits per heavy atom. The van der Waals surface area contributed by atoms with Gasteiger partial charge in [0.05, 0.1) is 23.0 Å². The molecule has 47 heavy (non-hydrogen) atoms. The van der Waals surface area contributed by atoms with E-state index >= 15 is 0 Å². The van der Waals surface area contributed by atoms with Crippen molar-refractivity contribution in [1.29, 1.82) is 0 Å². The summed E-state index contributed by atoms with van der Waals surface area (Å²) < 4.78 is 7.41. The van der Waals surface area contributed by atoms with E-state index in [9.17, 15) is 14.7 Å². The summed E-state index contributed by atoms with van der Waals surface area (Å²) in [6.45, 7) is 14.3. The molecule has 0 amide bonds. The number of hydrogen-bond donors (Lipinski definition) is 1. The van der Waals surface area contributed by atoms with Crippen molar-refractivity contribution in [3.63, 3.8) is 0 Å². The summed E-state index contributed by atoms with van der Waals surface area (Å²) in [6, 6.07) is 25.4. The number of carbonyl (C=O) groups is 2. The highest BCUT2D eigenvalue weighted by Crippen LogP contribution is 2.53. The summed E-state index contributed by atoms with van der Waals surface area (Å²) in [5, 5.41) is 14.2. The molecule has 6 rings (SSSR count). The van der Waals surface area contributed by atoms with E-state index in [1.54, 1.807) is 0 Å². The second kappa shape index (κ2) is 12.9. The van der Waals surface area contributed by atoms with Crippen molar-refractivity contribution in [3.05, 3.63) is 133 Å². The molecular weight excluding hydrogens is 584 g/mol. The molecule has 0 bridgehead atoms. The Labute approximate surface area is 276 Å². The molecule has 0 saturated carbocycles. The standard InChI is InChI=1S/C41H40N2O4/c1-5-23-40(3)33-20-18-29-12-7-9-14-31(29)38(33)42(25-22-37(45)46)35(40)16-11-17-36-41(4,24-6-2)34-21-19-30-13-8-10-15-32(30)39(34)43(36)26-27-47-28-44/h5-21,28H,1-2,22-27H2,3-4H3/p+1. The van der Waals surface area contributed by atoms with Crippen LogP contribution >= 0.6 is 0 Å². The van der Waals surface area contributed by atoms with Crippen molar-refractivity contribution in [2.45, 2.75) is 43.9 Å². The van der Waals surface area contributed by atoms with E-state index in [1.807, 2.05) is 30.4 Å². The van der Waals surface area contributed by atoms with E-state index < -0.39 is 11.4 Å². The van der Waals surface area contributed by atoms with Crippen LogP contribution in [0.15, 0.2) is 122 Å². The topological polar surface area (TPSA) is 69.8 Å². The number of hydrogen-bond acceptors (Lipinski definition) is 4. The van der Waals surface area contributed by atoms with E-state index in [4.69, 9.17) is 4.74 Å². The van der Waals surface area contributed by atoms with Gasteiger partial charge >= 0.3 is 5.97 Å². The second-order valence-corrected chi connectivity index (χ2v) is 12.7. The normalized spacial score (nSPS) is 21.1. The molecule has 0 aliphatic carbocycles. The van der Waals surface area contributed by atoms with E-state index in [0.29, 0.717) is 26.0 Å². The molecule has 2 unspecified atom stereocenters. The molecule has 238 valence electrons. The minimum Gasteiger partial charge on any atom is -0.481 e. The van der Waals surface area contributed by atoms with Crippen molar-refractivity contribution in [2.75, 3.05) is 24.6 Å². The third kappa shape index (κ3) is 5.38. The fourth-order valence-electron chi connectivity index (χ4n) is 7.74. The molecule has 0 fully saturated rings. The molecule has 2 atom stereocenters. The van der Waals surface area contributed by atoms with Gasteiger partial charge in [-0.3, -0.25) is 9.59 Å². The first kappa shape index (κ1) is 31.7. The van der Waals surface area contributed by atoms with E-state index in [1.165, 1.54) is 5.56 Å². The maximum atomic E-state index is 11.9. The first-order chi connectivity index (χ1) is 22.8. The fourth-order valence-corrected chi connectivity index (χ4v) is 7.74. The van der Waals surface area contributed by atoms with Gasteiger partial charge in [0.2, 0.25) is 5.69 Å². The number of carboxylic acid groups (broad SMARTS) is 1. The van der Waals surface area contributed by atoms with E-state index in [0.717, 1.165) is 56.3 Å². The zero-order chi connectivity index (χ0) is 33.2. The first-order valence-corrected chi connectivity index (χ1v) is 16.1. The second-order valence-electron chi connectivity index (χ2n) is 12.7. The zero-order valence-corrected chi connectivity index (χ0v) is 27.1. The SMILES string of the molecule is C=CCC1(C)C(/C=C/C=C2/N(CCOC=O)c3c(ccc4ccccc34)C2(C)CC=C)=[N+](CCC(=O)O)c2c1ccc1ccccc21. The number of anilines is 1. The lowest BCUT2D eigenvalue weighted by atomic mass is 9.76. The van der Waals surface area contributed by atoms with Gasteiger partial charge in [0.1, 0.15) is 13.0 Å². The molecule has 0 spiro atoms. The van der Waals surface area contributed by atoms with Crippen LogP contribution in [0.3, 0.4) is 0 Å². The number of rotatable bonds is 13. The average Bonchev–Trinajstić information content (AvgIpc) is 3.45. The number of benzene rings is 4. The summed E-state index contributed by atoms with van der Waals surface area (Å²) in [5.74, 6) is -0.834. The van der Waals surface area contributed by atoms with Gasteiger partial charge in [0.15, 0.2) is 12.3 Å². The van der Waals surface area contributed by atoms with Crippen LogP contribution in [0, 0.1) is 0 Å². The predicted molar refractivity (Wildman–Crippen MR) is 191 cm³/mol. The maximum absolute atomic E-state index is 11.9. The molecule has 0 saturated heterocycles. The van der Waals surface area contributed by atoms with Crippen molar-refractivity contribution < 1.29 is 24.0 Å². The van der Waals surface area contributed by atoms with Gasteiger partial charge in [-0.25, -0.2) is 0 Å². The number of aliphatic carboxylic acids is 1. The van der Waals surface area contributed by atoms with Crippen molar-refractivity contribution >= 4 is 51.1 Å². The largest absolute Gasteiger partial charge is 0.481 e. The minimum absolute atomic E-state index is 0.00948. The van der Waals surface area contributed by atoms with Crippen LogP contribution in [0.25, 0.3) is 21.5 Å². The molecule has 6 nitrogen and oxygen atoms in total. The smallest absolute Gasteiger partial charge is 0.309 e. The molecular formula is C41H41N2O4+. The number of fused-ring (bicyclic) bond motifs is 6. The van der Waals surface area contributed by atoms with Crippen LogP contribution in [-0.4, -0.2) is 47.5 Å². The Kier molecular flexibility index (Phi) is 8.69. The lowest BCUT2D eigenvalue weighted by molar-refractivity contribution is -0.435. The molecule has 1 N–H and O–H groups in total. The summed E-state index contributed by atoms with van der Waals surface area (Å²) in [7, 11) is 0. The molecule has 2 aliphatic rings. The van der Waals surface area contributed by atoms with Gasteiger partial charge in [-0.1, -0.05) is 85.0 Å².